The summed E-state index contributed by atoms with van der Waals surface area (Å²) in [7, 11) is 1.87. The van der Waals surface area contributed by atoms with Crippen molar-refractivity contribution in [1.29, 1.82) is 0 Å². The highest BCUT2D eigenvalue weighted by molar-refractivity contribution is 5.00. The Morgan fingerprint density at radius 1 is 1.29 bits per heavy atom. The Morgan fingerprint density at radius 2 is 2.05 bits per heavy atom. The Labute approximate surface area is 129 Å². The van der Waals surface area contributed by atoms with E-state index in [-0.39, 0.29) is 11.2 Å². The van der Waals surface area contributed by atoms with E-state index in [2.05, 4.69) is 26.1 Å². The van der Waals surface area contributed by atoms with E-state index in [1.807, 2.05) is 7.11 Å². The van der Waals surface area contributed by atoms with E-state index in [0.717, 1.165) is 58.5 Å². The van der Waals surface area contributed by atoms with Gasteiger partial charge in [-0.1, -0.05) is 20.8 Å². The average molecular weight is 299 g/mol. The van der Waals surface area contributed by atoms with E-state index in [1.165, 1.54) is 0 Å². The maximum atomic E-state index is 6.10. The lowest BCUT2D eigenvalue weighted by Crippen LogP contribution is -2.58. The molecule has 0 radical (unpaired) electrons. The fraction of sp³-hybridized carbons (Fsp3) is 1.00. The first kappa shape index (κ1) is 17.2. The van der Waals surface area contributed by atoms with Gasteiger partial charge in [0.2, 0.25) is 0 Å². The molecule has 2 saturated heterocycles. The zero-order chi connectivity index (χ0) is 15.3. The minimum absolute atomic E-state index is 0.0302. The molecule has 21 heavy (non-hydrogen) atoms. The molecule has 3 unspecified atom stereocenters. The summed E-state index contributed by atoms with van der Waals surface area (Å²) in [5.41, 5.74) is -0.101. The minimum atomic E-state index is -0.0708. The van der Waals surface area contributed by atoms with Gasteiger partial charge in [0.1, 0.15) is 0 Å². The van der Waals surface area contributed by atoms with Gasteiger partial charge in [-0.3, -0.25) is 0 Å². The van der Waals surface area contributed by atoms with Crippen molar-refractivity contribution in [2.45, 2.75) is 70.1 Å². The molecule has 4 nitrogen and oxygen atoms in total. The lowest BCUT2D eigenvalue weighted by atomic mass is 9.73. The van der Waals surface area contributed by atoms with E-state index in [1.54, 1.807) is 0 Å². The molecule has 4 heteroatoms. The van der Waals surface area contributed by atoms with E-state index >= 15 is 0 Å². The van der Waals surface area contributed by atoms with Crippen molar-refractivity contribution in [1.82, 2.24) is 5.32 Å². The summed E-state index contributed by atoms with van der Waals surface area (Å²) < 4.78 is 17.7. The van der Waals surface area contributed by atoms with E-state index in [9.17, 15) is 0 Å². The van der Waals surface area contributed by atoms with Crippen LogP contribution in [0.25, 0.3) is 0 Å². The van der Waals surface area contributed by atoms with Gasteiger partial charge in [-0.15, -0.1) is 0 Å². The SMILES string of the molecule is CCNC(C1CCOC2(CCOC2)C1)C(CC)(CC)OC. The first-order chi connectivity index (χ1) is 10.2. The van der Waals surface area contributed by atoms with Crippen LogP contribution < -0.4 is 5.32 Å². The van der Waals surface area contributed by atoms with E-state index in [4.69, 9.17) is 14.2 Å². The topological polar surface area (TPSA) is 39.7 Å². The van der Waals surface area contributed by atoms with Gasteiger partial charge in [0, 0.05) is 32.8 Å². The molecule has 0 aromatic carbocycles. The molecule has 2 rings (SSSR count). The van der Waals surface area contributed by atoms with Crippen LogP contribution in [0, 0.1) is 5.92 Å². The molecule has 0 amide bonds. The van der Waals surface area contributed by atoms with Crippen molar-refractivity contribution < 1.29 is 14.2 Å². The third-order valence-corrected chi connectivity index (χ3v) is 5.66. The van der Waals surface area contributed by atoms with Gasteiger partial charge in [0.15, 0.2) is 0 Å². The zero-order valence-corrected chi connectivity index (χ0v) is 14.2. The van der Waals surface area contributed by atoms with Gasteiger partial charge < -0.3 is 19.5 Å². The number of nitrogens with one attached hydrogen (secondary N) is 1. The van der Waals surface area contributed by atoms with Crippen LogP contribution in [0.2, 0.25) is 0 Å². The van der Waals surface area contributed by atoms with E-state index in [0.29, 0.717) is 12.0 Å². The standard InChI is InChI=1S/C17H33NO3/c1-5-17(6-2,19-4)15(18-7-3)14-8-10-21-16(12-14)9-11-20-13-16/h14-15,18H,5-13H2,1-4H3. The highest BCUT2D eigenvalue weighted by Crippen LogP contribution is 2.41. The molecular weight excluding hydrogens is 266 g/mol. The fourth-order valence-corrected chi connectivity index (χ4v) is 4.32. The third kappa shape index (κ3) is 3.44. The molecule has 1 spiro atoms. The Balaban J connectivity index is 2.16. The normalized spacial score (nSPS) is 31.7. The number of methoxy groups -OCH3 is 1. The van der Waals surface area contributed by atoms with Crippen molar-refractivity contribution in [3.63, 3.8) is 0 Å². The molecular formula is C17H33NO3. The summed E-state index contributed by atoms with van der Waals surface area (Å²) in [5.74, 6) is 0.597. The lowest BCUT2D eigenvalue weighted by molar-refractivity contribution is -0.129. The van der Waals surface area contributed by atoms with Crippen molar-refractivity contribution in [3.8, 4) is 0 Å². The second-order valence-electron chi connectivity index (χ2n) is 6.60. The summed E-state index contributed by atoms with van der Waals surface area (Å²) in [6.45, 7) is 10.1. The molecule has 0 aromatic heterocycles. The second kappa shape index (κ2) is 7.40. The smallest absolute Gasteiger partial charge is 0.0939 e. The van der Waals surface area contributed by atoms with Crippen LogP contribution >= 0.6 is 0 Å². The first-order valence-electron chi connectivity index (χ1n) is 8.65. The summed E-state index contributed by atoms with van der Waals surface area (Å²) in [6, 6.07) is 0.392. The minimum Gasteiger partial charge on any atom is -0.378 e. The van der Waals surface area contributed by atoms with Crippen LogP contribution in [-0.4, -0.2) is 50.7 Å². The highest BCUT2D eigenvalue weighted by Gasteiger charge is 2.47. The molecule has 3 atom stereocenters. The second-order valence-corrected chi connectivity index (χ2v) is 6.60. The van der Waals surface area contributed by atoms with Gasteiger partial charge in [-0.25, -0.2) is 0 Å². The predicted molar refractivity (Wildman–Crippen MR) is 84.6 cm³/mol. The van der Waals surface area contributed by atoms with Crippen molar-refractivity contribution >= 4 is 0 Å². The van der Waals surface area contributed by atoms with Crippen LogP contribution in [0.5, 0.6) is 0 Å². The number of rotatable bonds is 7. The molecule has 0 aromatic rings. The van der Waals surface area contributed by atoms with E-state index < -0.39 is 0 Å². The number of hydrogen-bond donors (Lipinski definition) is 1. The van der Waals surface area contributed by atoms with Gasteiger partial charge in [-0.05, 0) is 38.1 Å². The molecule has 2 heterocycles. The van der Waals surface area contributed by atoms with Crippen molar-refractivity contribution in [3.05, 3.63) is 0 Å². The largest absolute Gasteiger partial charge is 0.378 e. The molecule has 1 N–H and O–H groups in total. The van der Waals surface area contributed by atoms with Gasteiger partial charge in [0.25, 0.3) is 0 Å². The van der Waals surface area contributed by atoms with Crippen LogP contribution in [0.1, 0.15) is 52.9 Å². The molecule has 0 aliphatic carbocycles. The van der Waals surface area contributed by atoms with Crippen molar-refractivity contribution in [2.75, 3.05) is 33.5 Å². The van der Waals surface area contributed by atoms with Crippen molar-refractivity contribution in [2.24, 2.45) is 5.92 Å². The monoisotopic (exact) mass is 299 g/mol. The molecule has 0 saturated carbocycles. The quantitative estimate of drug-likeness (QED) is 0.784. The fourth-order valence-electron chi connectivity index (χ4n) is 4.32. The summed E-state index contributed by atoms with van der Waals surface area (Å²) in [5, 5.41) is 3.73. The Hall–Kier alpha value is -0.160. The molecule has 0 bridgehead atoms. The van der Waals surface area contributed by atoms with Crippen LogP contribution in [0.3, 0.4) is 0 Å². The first-order valence-corrected chi connectivity index (χ1v) is 8.65. The van der Waals surface area contributed by atoms with Gasteiger partial charge in [0.05, 0.1) is 17.8 Å². The third-order valence-electron chi connectivity index (χ3n) is 5.66. The molecule has 2 aliphatic rings. The average Bonchev–Trinajstić information content (AvgIpc) is 2.96. The van der Waals surface area contributed by atoms with Crippen LogP contribution in [-0.2, 0) is 14.2 Å². The predicted octanol–water partition coefficient (Wildman–Crippen LogP) is 2.76. The maximum Gasteiger partial charge on any atom is 0.0939 e. The van der Waals surface area contributed by atoms with Gasteiger partial charge in [-0.2, -0.15) is 0 Å². The molecule has 2 aliphatic heterocycles. The summed E-state index contributed by atoms with van der Waals surface area (Å²) in [4.78, 5) is 0. The van der Waals surface area contributed by atoms with Gasteiger partial charge >= 0.3 is 0 Å². The van der Waals surface area contributed by atoms with Crippen LogP contribution in [0.4, 0.5) is 0 Å². The molecule has 124 valence electrons. The van der Waals surface area contributed by atoms with Crippen LogP contribution in [0.15, 0.2) is 0 Å². The lowest BCUT2D eigenvalue weighted by Gasteiger charge is -2.47. The summed E-state index contributed by atoms with van der Waals surface area (Å²) >= 11 is 0. The zero-order valence-electron chi connectivity index (χ0n) is 14.2. The summed E-state index contributed by atoms with van der Waals surface area (Å²) in [6.07, 6.45) is 5.33. The Bertz CT molecular complexity index is 303. The Morgan fingerprint density at radius 3 is 2.57 bits per heavy atom. The Kier molecular flexibility index (Phi) is 6.06. The number of ether oxygens (including phenoxy) is 3. The molecule has 2 fully saturated rings. The number of hydrogen-bond acceptors (Lipinski definition) is 4. The highest BCUT2D eigenvalue weighted by atomic mass is 16.6. The number of likely N-dealkylation sites (N-methyl/N-ethyl adjacent to an activating group) is 1. The maximum absolute atomic E-state index is 6.10.